The van der Waals surface area contributed by atoms with Crippen molar-refractivity contribution in [3.63, 3.8) is 0 Å². The normalized spacial score (nSPS) is 45.3. The van der Waals surface area contributed by atoms with Crippen LogP contribution >= 0.6 is 0 Å². The van der Waals surface area contributed by atoms with E-state index in [9.17, 15) is 9.90 Å². The van der Waals surface area contributed by atoms with Gasteiger partial charge in [-0.25, -0.2) is 4.79 Å². The number of carbonyl (C=O) groups is 1. The molecule has 0 bridgehead atoms. The summed E-state index contributed by atoms with van der Waals surface area (Å²) in [6.07, 6.45) is 11.7. The van der Waals surface area contributed by atoms with E-state index < -0.39 is 5.60 Å². The zero-order chi connectivity index (χ0) is 19.4. The molecule has 0 aromatic carbocycles. The van der Waals surface area contributed by atoms with Crippen LogP contribution in [0.1, 0.15) is 85.5 Å². The minimum absolute atomic E-state index is 0.249. The molecular formula is C24H36O3. The van der Waals surface area contributed by atoms with Crippen LogP contribution in [0.5, 0.6) is 0 Å². The highest BCUT2D eigenvalue weighted by atomic mass is 16.5. The van der Waals surface area contributed by atoms with Crippen molar-refractivity contribution in [3.8, 4) is 0 Å². The lowest BCUT2D eigenvalue weighted by Gasteiger charge is -2.61. The van der Waals surface area contributed by atoms with Crippen molar-refractivity contribution < 1.29 is 14.6 Å². The minimum Gasteiger partial charge on any atom is -0.463 e. The Morgan fingerprint density at radius 1 is 1.19 bits per heavy atom. The second-order valence-corrected chi connectivity index (χ2v) is 10.0. The van der Waals surface area contributed by atoms with E-state index in [1.165, 1.54) is 25.7 Å². The Morgan fingerprint density at radius 3 is 2.70 bits per heavy atom. The van der Waals surface area contributed by atoms with Gasteiger partial charge in [0.15, 0.2) is 0 Å². The molecule has 0 saturated heterocycles. The lowest BCUT2D eigenvalue weighted by atomic mass is 9.45. The number of hydrogen-bond donors (Lipinski definition) is 1. The first-order valence-corrected chi connectivity index (χ1v) is 11.1. The van der Waals surface area contributed by atoms with Gasteiger partial charge in [0.25, 0.3) is 0 Å². The van der Waals surface area contributed by atoms with Gasteiger partial charge in [0.05, 0.1) is 12.2 Å². The average Bonchev–Trinajstić information content (AvgIpc) is 2.88. The van der Waals surface area contributed by atoms with Crippen LogP contribution in [0.4, 0.5) is 0 Å². The Balaban J connectivity index is 1.72. The van der Waals surface area contributed by atoms with Crippen molar-refractivity contribution in [2.24, 2.45) is 22.7 Å². The standard InChI is InChI=1S/C24H36O3/c1-5-27-21(25)15-17-9-13-24(26)20-14-16(2)18-8-6-7-11-22(18,3)19(20)10-12-23(17,24)4/h15,19-20,26H,5-14H2,1-4H3/t19-,20+,22-,23+,24?/m0/s1. The number of carbonyl (C=O) groups excluding carboxylic acids is 1. The van der Waals surface area contributed by atoms with Crippen molar-refractivity contribution in [1.82, 2.24) is 0 Å². The lowest BCUT2D eigenvalue weighted by molar-refractivity contribution is -0.159. The predicted molar refractivity (Wildman–Crippen MR) is 107 cm³/mol. The molecule has 0 aliphatic heterocycles. The highest BCUT2D eigenvalue weighted by Gasteiger charge is 2.65. The lowest BCUT2D eigenvalue weighted by Crippen LogP contribution is -2.59. The van der Waals surface area contributed by atoms with E-state index in [1.54, 1.807) is 17.2 Å². The summed E-state index contributed by atoms with van der Waals surface area (Å²) in [4.78, 5) is 12.1. The van der Waals surface area contributed by atoms with Crippen molar-refractivity contribution in [2.75, 3.05) is 6.61 Å². The quantitative estimate of drug-likeness (QED) is 0.405. The van der Waals surface area contributed by atoms with Gasteiger partial charge >= 0.3 is 5.97 Å². The summed E-state index contributed by atoms with van der Waals surface area (Å²) in [6, 6.07) is 0. The van der Waals surface area contributed by atoms with Crippen molar-refractivity contribution in [3.05, 3.63) is 22.8 Å². The first kappa shape index (κ1) is 19.2. The fraction of sp³-hybridized carbons (Fsp3) is 0.792. The van der Waals surface area contributed by atoms with Crippen LogP contribution < -0.4 is 0 Å². The highest BCUT2D eigenvalue weighted by Crippen LogP contribution is 2.68. The topological polar surface area (TPSA) is 46.5 Å². The van der Waals surface area contributed by atoms with E-state index in [-0.39, 0.29) is 16.8 Å². The summed E-state index contributed by atoms with van der Waals surface area (Å²) in [6.45, 7) is 9.25. The summed E-state index contributed by atoms with van der Waals surface area (Å²) in [5.74, 6) is 0.647. The van der Waals surface area contributed by atoms with Gasteiger partial charge in [-0.15, -0.1) is 0 Å². The largest absolute Gasteiger partial charge is 0.463 e. The third kappa shape index (κ3) is 2.60. The van der Waals surface area contributed by atoms with Crippen molar-refractivity contribution in [1.29, 1.82) is 0 Å². The molecule has 3 saturated carbocycles. The number of allylic oxidation sites excluding steroid dienone is 2. The molecule has 4 aliphatic rings. The number of ether oxygens (including phenoxy) is 1. The number of rotatable bonds is 2. The Kier molecular flexibility index (Phi) is 4.61. The third-order valence-corrected chi connectivity index (χ3v) is 8.99. The molecular weight excluding hydrogens is 336 g/mol. The molecule has 0 heterocycles. The molecule has 1 N–H and O–H groups in total. The van der Waals surface area contributed by atoms with Crippen LogP contribution in [0.15, 0.2) is 22.8 Å². The monoisotopic (exact) mass is 372 g/mol. The molecule has 0 spiro atoms. The minimum atomic E-state index is -0.693. The Morgan fingerprint density at radius 2 is 1.96 bits per heavy atom. The molecule has 3 nitrogen and oxygen atoms in total. The predicted octanol–water partition coefficient (Wildman–Crippen LogP) is 5.33. The van der Waals surface area contributed by atoms with Gasteiger partial charge in [0.2, 0.25) is 0 Å². The van der Waals surface area contributed by atoms with E-state index in [2.05, 4.69) is 20.8 Å². The molecule has 150 valence electrons. The smallest absolute Gasteiger partial charge is 0.330 e. The highest BCUT2D eigenvalue weighted by molar-refractivity contribution is 5.83. The fourth-order valence-corrected chi connectivity index (χ4v) is 7.53. The molecule has 3 heteroatoms. The van der Waals surface area contributed by atoms with Crippen molar-refractivity contribution >= 4 is 5.97 Å². The van der Waals surface area contributed by atoms with Gasteiger partial charge in [-0.1, -0.05) is 37.0 Å². The van der Waals surface area contributed by atoms with Gasteiger partial charge in [-0.05, 0) is 82.5 Å². The number of hydrogen-bond acceptors (Lipinski definition) is 3. The zero-order valence-corrected chi connectivity index (χ0v) is 17.6. The molecule has 4 rings (SSSR count). The maximum atomic E-state index is 12.1. The molecule has 3 fully saturated rings. The average molecular weight is 373 g/mol. The zero-order valence-electron chi connectivity index (χ0n) is 17.6. The summed E-state index contributed by atoms with van der Waals surface area (Å²) in [5, 5.41) is 12.1. The fourth-order valence-electron chi connectivity index (χ4n) is 7.53. The molecule has 0 aromatic heterocycles. The number of fused-ring (bicyclic) bond motifs is 5. The summed E-state index contributed by atoms with van der Waals surface area (Å²) >= 11 is 0. The second kappa shape index (κ2) is 6.47. The van der Waals surface area contributed by atoms with Gasteiger partial charge in [-0.2, -0.15) is 0 Å². The van der Waals surface area contributed by atoms with E-state index in [1.807, 2.05) is 6.92 Å². The summed E-state index contributed by atoms with van der Waals surface area (Å²) in [5.41, 5.74) is 3.66. The van der Waals surface area contributed by atoms with Crippen LogP contribution in [-0.2, 0) is 9.53 Å². The van der Waals surface area contributed by atoms with E-state index in [4.69, 9.17) is 4.74 Å². The van der Waals surface area contributed by atoms with Gasteiger partial charge in [0, 0.05) is 11.5 Å². The maximum absolute atomic E-state index is 12.1. The molecule has 27 heavy (non-hydrogen) atoms. The van der Waals surface area contributed by atoms with Crippen LogP contribution in [0.3, 0.4) is 0 Å². The first-order valence-electron chi connectivity index (χ1n) is 11.1. The van der Waals surface area contributed by atoms with Gasteiger partial charge < -0.3 is 9.84 Å². The Labute approximate surface area is 164 Å². The molecule has 0 amide bonds. The Hall–Kier alpha value is -1.09. The first-order chi connectivity index (χ1) is 12.8. The van der Waals surface area contributed by atoms with Crippen LogP contribution in [0.2, 0.25) is 0 Å². The van der Waals surface area contributed by atoms with E-state index >= 15 is 0 Å². The maximum Gasteiger partial charge on any atom is 0.330 e. The summed E-state index contributed by atoms with van der Waals surface area (Å²) in [7, 11) is 0. The Bertz CT molecular complexity index is 704. The van der Waals surface area contributed by atoms with E-state index in [0.717, 1.165) is 37.7 Å². The van der Waals surface area contributed by atoms with Crippen molar-refractivity contribution in [2.45, 2.75) is 91.1 Å². The van der Waals surface area contributed by atoms with Crippen LogP contribution in [0.25, 0.3) is 0 Å². The molecule has 0 radical (unpaired) electrons. The molecule has 0 aromatic rings. The summed E-state index contributed by atoms with van der Waals surface area (Å²) < 4.78 is 5.17. The van der Waals surface area contributed by atoms with Gasteiger partial charge in [-0.3, -0.25) is 0 Å². The van der Waals surface area contributed by atoms with E-state index in [0.29, 0.717) is 18.4 Å². The third-order valence-electron chi connectivity index (χ3n) is 8.99. The second-order valence-electron chi connectivity index (χ2n) is 10.0. The number of aliphatic hydroxyl groups is 1. The van der Waals surface area contributed by atoms with Gasteiger partial charge in [0.1, 0.15) is 0 Å². The molecule has 4 aliphatic carbocycles. The SMILES string of the molecule is CCOC(=O)C=C1CCC2(O)[C@@H]3CC(C)=C4CCCC[C@]4(C)[C@H]3CC[C@]12C. The molecule has 1 unspecified atom stereocenters. The van der Waals surface area contributed by atoms with Crippen LogP contribution in [0, 0.1) is 22.7 Å². The van der Waals surface area contributed by atoms with Crippen LogP contribution in [-0.4, -0.2) is 23.3 Å². The molecule has 5 atom stereocenters. The number of esters is 1.